The van der Waals surface area contributed by atoms with Crippen molar-refractivity contribution in [3.05, 3.63) is 133 Å². The maximum absolute atomic E-state index is 6.82. The van der Waals surface area contributed by atoms with Gasteiger partial charge >= 0.3 is 0 Å². The van der Waals surface area contributed by atoms with Crippen molar-refractivity contribution < 1.29 is 4.74 Å². The fourth-order valence-electron chi connectivity index (χ4n) is 5.68. The lowest BCUT2D eigenvalue weighted by molar-refractivity contribution is 0.494. The van der Waals surface area contributed by atoms with Crippen LogP contribution in [0.1, 0.15) is 22.3 Å². The van der Waals surface area contributed by atoms with Crippen molar-refractivity contribution in [2.75, 3.05) is 0 Å². The normalized spacial score (nSPS) is 11.1. The smallest absolute Gasteiger partial charge is 0.135 e. The zero-order valence-electron chi connectivity index (χ0n) is 20.6. The van der Waals surface area contributed by atoms with Crippen molar-refractivity contribution in [2.45, 2.75) is 0 Å². The second kappa shape index (κ2) is 8.96. The minimum Gasteiger partial charge on any atom is -0.456 e. The molecule has 1 heteroatoms. The van der Waals surface area contributed by atoms with Gasteiger partial charge in [-0.2, -0.15) is 0 Å². The largest absolute Gasteiger partial charge is 0.456 e. The van der Waals surface area contributed by atoms with E-state index in [1.165, 1.54) is 0 Å². The lowest BCUT2D eigenvalue weighted by atomic mass is 9.90. The lowest BCUT2D eigenvalue weighted by Crippen LogP contribution is -1.95. The molecule has 0 aliphatic heterocycles. The highest BCUT2D eigenvalue weighted by molar-refractivity contribution is 6.16. The topological polar surface area (TPSA) is 9.23 Å². The molecule has 37 heavy (non-hydrogen) atoms. The van der Waals surface area contributed by atoms with Gasteiger partial charge in [0.05, 0.1) is 0 Å². The number of benzene rings is 6. The average molecular weight is 475 g/mol. The highest BCUT2D eigenvalue weighted by Crippen LogP contribution is 2.44. The Hall–Kier alpha value is -4.88. The molecule has 6 aromatic carbocycles. The number of rotatable bonds is 6. The van der Waals surface area contributed by atoms with Gasteiger partial charge in [-0.3, -0.25) is 0 Å². The van der Waals surface area contributed by atoms with E-state index in [2.05, 4.69) is 87.0 Å². The van der Waals surface area contributed by atoms with Crippen LogP contribution >= 0.6 is 0 Å². The molecule has 0 bridgehead atoms. The van der Waals surface area contributed by atoms with E-state index < -0.39 is 0 Å². The van der Waals surface area contributed by atoms with Gasteiger partial charge in [0.2, 0.25) is 0 Å². The molecule has 0 heterocycles. The zero-order valence-corrected chi connectivity index (χ0v) is 20.6. The number of hydrogen-bond acceptors (Lipinski definition) is 1. The third-order valence-electron chi connectivity index (χ3n) is 7.22. The van der Waals surface area contributed by atoms with Crippen LogP contribution in [0.4, 0.5) is 0 Å². The van der Waals surface area contributed by atoms with Crippen molar-refractivity contribution in [3.8, 4) is 11.5 Å². The maximum atomic E-state index is 6.82. The van der Waals surface area contributed by atoms with E-state index in [1.807, 2.05) is 48.6 Å². The van der Waals surface area contributed by atoms with E-state index in [0.717, 1.165) is 76.8 Å². The van der Waals surface area contributed by atoms with Gasteiger partial charge in [0.15, 0.2) is 0 Å². The fourth-order valence-corrected chi connectivity index (χ4v) is 5.68. The SMILES string of the molecule is C=Cc1c2ccccc2c(C=C)c2c(Oc3cccc4c(C=C)c5ccccc5c(C=C)c34)cccc12. The van der Waals surface area contributed by atoms with Crippen LogP contribution < -0.4 is 4.74 Å². The van der Waals surface area contributed by atoms with Crippen LogP contribution in [-0.2, 0) is 0 Å². The van der Waals surface area contributed by atoms with Crippen molar-refractivity contribution in [1.29, 1.82) is 0 Å². The summed E-state index contributed by atoms with van der Waals surface area (Å²) in [5.41, 5.74) is 4.28. The van der Waals surface area contributed by atoms with Crippen molar-refractivity contribution in [1.82, 2.24) is 0 Å². The number of hydrogen-bond donors (Lipinski definition) is 0. The molecule has 0 unspecified atom stereocenters. The third-order valence-corrected chi connectivity index (χ3v) is 7.22. The molecular formula is C36H26O. The first-order chi connectivity index (χ1) is 18.2. The molecule has 0 amide bonds. The van der Waals surface area contributed by atoms with Crippen LogP contribution in [0.15, 0.2) is 111 Å². The fraction of sp³-hybridized carbons (Fsp3) is 0. The van der Waals surface area contributed by atoms with Crippen LogP contribution in [0.5, 0.6) is 11.5 Å². The molecule has 0 radical (unpaired) electrons. The summed E-state index contributed by atoms with van der Waals surface area (Å²) in [6.07, 6.45) is 7.70. The van der Waals surface area contributed by atoms with Gasteiger partial charge in [0.1, 0.15) is 11.5 Å². The van der Waals surface area contributed by atoms with Crippen LogP contribution in [-0.4, -0.2) is 0 Å². The van der Waals surface area contributed by atoms with Gasteiger partial charge in [0.25, 0.3) is 0 Å². The molecular weight excluding hydrogens is 448 g/mol. The van der Waals surface area contributed by atoms with E-state index in [4.69, 9.17) is 4.74 Å². The maximum Gasteiger partial charge on any atom is 0.135 e. The van der Waals surface area contributed by atoms with Gasteiger partial charge in [-0.05, 0) is 66.7 Å². The Bertz CT molecular complexity index is 1780. The summed E-state index contributed by atoms with van der Waals surface area (Å²) in [7, 11) is 0. The second-order valence-corrected chi connectivity index (χ2v) is 9.02. The minimum absolute atomic E-state index is 0.775. The summed E-state index contributed by atoms with van der Waals surface area (Å²) < 4.78 is 6.82. The monoisotopic (exact) mass is 474 g/mol. The molecule has 0 aliphatic carbocycles. The Kier molecular flexibility index (Phi) is 5.47. The molecule has 0 aromatic heterocycles. The molecule has 0 N–H and O–H groups in total. The summed E-state index contributed by atoms with van der Waals surface area (Å²) in [6, 6.07) is 29.1. The Morgan fingerprint density at radius 3 is 1.05 bits per heavy atom. The average Bonchev–Trinajstić information content (AvgIpc) is 2.95. The molecule has 6 rings (SSSR count). The molecule has 0 saturated heterocycles. The molecule has 1 nitrogen and oxygen atoms in total. The van der Waals surface area contributed by atoms with Gasteiger partial charge in [-0.1, -0.05) is 123 Å². The predicted molar refractivity (Wildman–Crippen MR) is 163 cm³/mol. The van der Waals surface area contributed by atoms with Crippen LogP contribution in [0.2, 0.25) is 0 Å². The summed E-state index contributed by atoms with van der Waals surface area (Å²) in [5, 5.41) is 8.77. The zero-order chi connectivity index (χ0) is 25.5. The number of fused-ring (bicyclic) bond motifs is 4. The Morgan fingerprint density at radius 1 is 0.378 bits per heavy atom. The van der Waals surface area contributed by atoms with Crippen molar-refractivity contribution in [2.24, 2.45) is 0 Å². The first-order valence-corrected chi connectivity index (χ1v) is 12.3. The lowest BCUT2D eigenvalue weighted by Gasteiger charge is -2.19. The van der Waals surface area contributed by atoms with Gasteiger partial charge in [-0.15, -0.1) is 0 Å². The standard InChI is InChI=1S/C36H26O/c1-5-23-27-15-9-11-17-29(27)25(7-3)35-31(23)19-13-21-33(35)37-34-22-14-20-32-24(6-2)28-16-10-12-18-30(28)26(8-4)36(32)34/h5-22H,1-4H2. The summed E-state index contributed by atoms with van der Waals surface area (Å²) in [4.78, 5) is 0. The molecule has 0 saturated carbocycles. The Balaban J connectivity index is 1.71. The highest BCUT2D eigenvalue weighted by Gasteiger charge is 2.18. The van der Waals surface area contributed by atoms with Crippen LogP contribution in [0, 0.1) is 0 Å². The van der Waals surface area contributed by atoms with Crippen molar-refractivity contribution >= 4 is 67.4 Å². The minimum atomic E-state index is 0.775. The molecule has 0 spiro atoms. The van der Waals surface area contributed by atoms with Gasteiger partial charge in [-0.25, -0.2) is 0 Å². The Morgan fingerprint density at radius 2 is 0.703 bits per heavy atom. The third kappa shape index (κ3) is 3.32. The van der Waals surface area contributed by atoms with Gasteiger partial charge in [0, 0.05) is 10.8 Å². The van der Waals surface area contributed by atoms with E-state index in [9.17, 15) is 0 Å². The second-order valence-electron chi connectivity index (χ2n) is 9.02. The first kappa shape index (κ1) is 22.6. The van der Waals surface area contributed by atoms with Gasteiger partial charge < -0.3 is 4.74 Å². The molecule has 0 atom stereocenters. The molecule has 176 valence electrons. The molecule has 0 aliphatic rings. The van der Waals surface area contributed by atoms with E-state index in [1.54, 1.807) is 0 Å². The summed E-state index contributed by atoms with van der Waals surface area (Å²) in [6.45, 7) is 16.6. The summed E-state index contributed by atoms with van der Waals surface area (Å²) in [5.74, 6) is 1.55. The first-order valence-electron chi connectivity index (χ1n) is 12.3. The number of ether oxygens (including phenoxy) is 1. The highest BCUT2D eigenvalue weighted by atomic mass is 16.5. The van der Waals surface area contributed by atoms with Crippen molar-refractivity contribution in [3.63, 3.8) is 0 Å². The molecule has 6 aromatic rings. The van der Waals surface area contributed by atoms with Crippen LogP contribution in [0.25, 0.3) is 67.4 Å². The van der Waals surface area contributed by atoms with E-state index >= 15 is 0 Å². The van der Waals surface area contributed by atoms with E-state index in [0.29, 0.717) is 0 Å². The predicted octanol–water partition coefficient (Wildman–Crippen LogP) is 10.7. The summed E-state index contributed by atoms with van der Waals surface area (Å²) >= 11 is 0. The molecule has 0 fully saturated rings. The van der Waals surface area contributed by atoms with E-state index in [-0.39, 0.29) is 0 Å². The Labute approximate surface area is 216 Å². The quantitative estimate of drug-likeness (QED) is 0.218. The van der Waals surface area contributed by atoms with Crippen LogP contribution in [0.3, 0.4) is 0 Å².